The van der Waals surface area contributed by atoms with E-state index in [4.69, 9.17) is 0 Å². The van der Waals surface area contributed by atoms with Gasteiger partial charge < -0.3 is 9.80 Å². The fourth-order valence-electron chi connectivity index (χ4n) is 3.98. The number of anilines is 2. The molecule has 1 fully saturated rings. The first-order chi connectivity index (χ1) is 16.8. The molecule has 0 saturated carbocycles. The molecule has 1 saturated heterocycles. The number of benzene rings is 3. The third-order valence-electron chi connectivity index (χ3n) is 5.78. The van der Waals surface area contributed by atoms with Crippen LogP contribution in [0.5, 0.6) is 0 Å². The van der Waals surface area contributed by atoms with Gasteiger partial charge in [-0.05, 0) is 30.3 Å². The zero-order chi connectivity index (χ0) is 25.0. The average Bonchev–Trinajstić information content (AvgIpc) is 2.88. The first kappa shape index (κ1) is 24.1. The molecule has 0 atom stereocenters. The first-order valence-corrected chi connectivity index (χ1v) is 12.3. The normalized spacial score (nSPS) is 14.0. The van der Waals surface area contributed by atoms with Crippen LogP contribution in [0.15, 0.2) is 83.8 Å². The molecule has 3 aromatic rings. The lowest BCUT2D eigenvalue weighted by atomic mass is 10.2. The predicted molar refractivity (Wildman–Crippen MR) is 129 cm³/mol. The Labute approximate surface area is 202 Å². The number of piperazine rings is 1. The lowest BCUT2D eigenvalue weighted by Crippen LogP contribution is -2.52. The Morgan fingerprint density at radius 2 is 1.51 bits per heavy atom. The Bertz CT molecular complexity index is 1330. The van der Waals surface area contributed by atoms with Gasteiger partial charge in [0, 0.05) is 32.2 Å². The van der Waals surface area contributed by atoms with Crippen molar-refractivity contribution < 1.29 is 22.5 Å². The minimum atomic E-state index is -4.44. The maximum Gasteiger partial charge on any atom is 0.289 e. The third-order valence-corrected chi connectivity index (χ3v) is 7.60. The summed E-state index contributed by atoms with van der Waals surface area (Å²) in [6.45, 7) is 0.796. The number of nitro groups is 1. The molecule has 0 spiro atoms. The SMILES string of the molecule is O=C(CN(c1ccccc1)S(=O)(=O)c1ccccc1[N+](=O)[O-])N1CCN(c2ccccc2F)CC1. The molecule has 1 aliphatic heterocycles. The third kappa shape index (κ3) is 5.09. The Kier molecular flexibility index (Phi) is 6.97. The maximum atomic E-state index is 14.1. The van der Waals surface area contributed by atoms with Gasteiger partial charge in [-0.15, -0.1) is 0 Å². The number of hydrogen-bond acceptors (Lipinski definition) is 6. The van der Waals surface area contributed by atoms with Crippen molar-refractivity contribution in [2.24, 2.45) is 0 Å². The van der Waals surface area contributed by atoms with E-state index in [0.29, 0.717) is 18.8 Å². The van der Waals surface area contributed by atoms with E-state index < -0.39 is 38.0 Å². The zero-order valence-corrected chi connectivity index (χ0v) is 19.5. The quantitative estimate of drug-likeness (QED) is 0.366. The van der Waals surface area contributed by atoms with Crippen LogP contribution < -0.4 is 9.21 Å². The van der Waals surface area contributed by atoms with Crippen LogP contribution in [0.3, 0.4) is 0 Å². The van der Waals surface area contributed by atoms with Crippen LogP contribution >= 0.6 is 0 Å². The van der Waals surface area contributed by atoms with Crippen molar-refractivity contribution in [1.29, 1.82) is 0 Å². The second-order valence-corrected chi connectivity index (χ2v) is 9.72. The molecule has 35 heavy (non-hydrogen) atoms. The Morgan fingerprint density at radius 3 is 2.17 bits per heavy atom. The van der Waals surface area contributed by atoms with Gasteiger partial charge in [-0.1, -0.05) is 42.5 Å². The predicted octanol–water partition coefficient (Wildman–Crippen LogP) is 3.28. The summed E-state index contributed by atoms with van der Waals surface area (Å²) in [7, 11) is -4.44. The Balaban J connectivity index is 1.57. The van der Waals surface area contributed by atoms with Crippen molar-refractivity contribution in [3.8, 4) is 0 Å². The number of amides is 1. The fourth-order valence-corrected chi connectivity index (χ4v) is 5.56. The summed E-state index contributed by atoms with van der Waals surface area (Å²) >= 11 is 0. The molecule has 0 bridgehead atoms. The molecular weight excluding hydrogens is 475 g/mol. The highest BCUT2D eigenvalue weighted by Crippen LogP contribution is 2.30. The molecule has 3 aromatic carbocycles. The van der Waals surface area contributed by atoms with E-state index in [1.807, 2.05) is 4.90 Å². The molecule has 1 amide bonds. The molecule has 11 heteroatoms. The van der Waals surface area contributed by atoms with Crippen LogP contribution in [0, 0.1) is 15.9 Å². The molecule has 0 N–H and O–H groups in total. The summed E-state index contributed by atoms with van der Waals surface area (Å²) in [5.41, 5.74) is 0.0906. The smallest absolute Gasteiger partial charge is 0.289 e. The van der Waals surface area contributed by atoms with E-state index in [1.54, 1.807) is 36.4 Å². The second kappa shape index (κ2) is 10.1. The number of hydrogen-bond donors (Lipinski definition) is 0. The number of nitrogens with zero attached hydrogens (tertiary/aromatic N) is 4. The molecule has 182 valence electrons. The van der Waals surface area contributed by atoms with Crippen LogP contribution in [0.1, 0.15) is 0 Å². The van der Waals surface area contributed by atoms with Gasteiger partial charge in [0.1, 0.15) is 12.4 Å². The summed E-state index contributed by atoms with van der Waals surface area (Å²) in [6, 6.07) is 19.4. The largest absolute Gasteiger partial charge is 0.366 e. The molecule has 4 rings (SSSR count). The van der Waals surface area contributed by atoms with E-state index in [2.05, 4.69) is 0 Å². The fraction of sp³-hybridized carbons (Fsp3) is 0.208. The van der Waals surface area contributed by atoms with Gasteiger partial charge in [-0.25, -0.2) is 12.8 Å². The van der Waals surface area contributed by atoms with E-state index in [1.165, 1.54) is 35.2 Å². The molecule has 0 aromatic heterocycles. The molecule has 1 heterocycles. The minimum Gasteiger partial charge on any atom is -0.366 e. The number of sulfonamides is 1. The van der Waals surface area contributed by atoms with Gasteiger partial charge in [0.05, 0.1) is 16.3 Å². The summed E-state index contributed by atoms with van der Waals surface area (Å²) in [6.07, 6.45) is 0. The van der Waals surface area contributed by atoms with Gasteiger partial charge in [-0.2, -0.15) is 0 Å². The summed E-state index contributed by atoms with van der Waals surface area (Å²) < 4.78 is 42.1. The highest BCUT2D eigenvalue weighted by molar-refractivity contribution is 7.93. The number of para-hydroxylation sites is 3. The van der Waals surface area contributed by atoms with Crippen molar-refractivity contribution in [2.45, 2.75) is 4.90 Å². The van der Waals surface area contributed by atoms with Gasteiger partial charge in [0.2, 0.25) is 5.91 Å². The van der Waals surface area contributed by atoms with Crippen molar-refractivity contribution in [3.63, 3.8) is 0 Å². The molecule has 9 nitrogen and oxygen atoms in total. The monoisotopic (exact) mass is 498 g/mol. The standard InChI is InChI=1S/C24H23FN4O5S/c25-20-10-4-5-11-21(20)26-14-16-27(17-15-26)24(30)18-28(19-8-2-1-3-9-19)35(33,34)23-13-7-6-12-22(23)29(31)32/h1-13H,14-18H2. The van der Waals surface area contributed by atoms with Crippen LogP contribution in [0.25, 0.3) is 0 Å². The van der Waals surface area contributed by atoms with Gasteiger partial charge in [0.25, 0.3) is 15.7 Å². The molecule has 0 unspecified atom stereocenters. The van der Waals surface area contributed by atoms with Crippen molar-refractivity contribution >= 4 is 33.0 Å². The minimum absolute atomic E-state index is 0.212. The first-order valence-electron chi connectivity index (χ1n) is 10.9. The Morgan fingerprint density at radius 1 is 0.914 bits per heavy atom. The lowest BCUT2D eigenvalue weighted by molar-refractivity contribution is -0.387. The van der Waals surface area contributed by atoms with Crippen molar-refractivity contribution in [3.05, 3.63) is 94.8 Å². The number of halogens is 1. The maximum absolute atomic E-state index is 14.1. The molecule has 1 aliphatic rings. The molecular formula is C24H23FN4O5S. The zero-order valence-electron chi connectivity index (χ0n) is 18.7. The number of carbonyl (C=O) groups excluding carboxylic acids is 1. The molecule has 0 radical (unpaired) electrons. The van der Waals surface area contributed by atoms with E-state index >= 15 is 0 Å². The lowest BCUT2D eigenvalue weighted by Gasteiger charge is -2.37. The van der Waals surface area contributed by atoms with Crippen molar-refractivity contribution in [2.75, 3.05) is 41.9 Å². The summed E-state index contributed by atoms with van der Waals surface area (Å²) in [5.74, 6) is -0.803. The van der Waals surface area contributed by atoms with Gasteiger partial charge >= 0.3 is 0 Å². The van der Waals surface area contributed by atoms with Gasteiger partial charge in [-0.3, -0.25) is 19.2 Å². The number of nitro benzene ring substituents is 1. The van der Waals surface area contributed by atoms with E-state index in [0.717, 1.165) is 16.4 Å². The topological polar surface area (TPSA) is 104 Å². The number of carbonyl (C=O) groups is 1. The van der Waals surface area contributed by atoms with Crippen molar-refractivity contribution in [1.82, 2.24) is 4.90 Å². The van der Waals surface area contributed by atoms with Crippen LogP contribution in [0.4, 0.5) is 21.5 Å². The van der Waals surface area contributed by atoms with E-state index in [-0.39, 0.29) is 24.6 Å². The van der Waals surface area contributed by atoms with Crippen LogP contribution in [-0.4, -0.2) is 56.9 Å². The summed E-state index contributed by atoms with van der Waals surface area (Å²) in [5, 5.41) is 11.5. The second-order valence-electron chi connectivity index (χ2n) is 7.89. The average molecular weight is 499 g/mol. The van der Waals surface area contributed by atoms with Gasteiger partial charge in [0.15, 0.2) is 4.90 Å². The van der Waals surface area contributed by atoms with E-state index in [9.17, 15) is 27.7 Å². The van der Waals surface area contributed by atoms with Crippen LogP contribution in [0.2, 0.25) is 0 Å². The highest BCUT2D eigenvalue weighted by Gasteiger charge is 2.34. The summed E-state index contributed by atoms with van der Waals surface area (Å²) in [4.78, 5) is 26.8. The Hall–Kier alpha value is -3.99. The highest BCUT2D eigenvalue weighted by atomic mass is 32.2. The van der Waals surface area contributed by atoms with Crippen LogP contribution in [-0.2, 0) is 14.8 Å². The molecule has 0 aliphatic carbocycles. The number of rotatable bonds is 7.